The molecule has 2 heterocycles. The van der Waals surface area contributed by atoms with Crippen molar-refractivity contribution in [3.8, 4) is 0 Å². The zero-order valence-electron chi connectivity index (χ0n) is 15.3. The predicted molar refractivity (Wildman–Crippen MR) is 102 cm³/mol. The summed E-state index contributed by atoms with van der Waals surface area (Å²) in [6.07, 6.45) is 1.66. The molecule has 8 heteroatoms. The van der Waals surface area contributed by atoms with Crippen molar-refractivity contribution >= 4 is 27.3 Å². The molecule has 1 N–H and O–H groups in total. The van der Waals surface area contributed by atoms with Crippen LogP contribution in [0, 0.1) is 13.8 Å². The molecule has 0 radical (unpaired) electrons. The van der Waals surface area contributed by atoms with Crippen molar-refractivity contribution in [2.45, 2.75) is 33.1 Å². The van der Waals surface area contributed by atoms with Crippen molar-refractivity contribution in [2.75, 3.05) is 21.9 Å². The Hall–Kier alpha value is -2.35. The highest BCUT2D eigenvalue weighted by Crippen LogP contribution is 2.25. The average molecular weight is 376 g/mol. The fraction of sp³-hybridized carbons (Fsp3) is 0.444. The first-order chi connectivity index (χ1) is 12.3. The number of anilines is 2. The van der Waals surface area contributed by atoms with Crippen LogP contribution in [0.5, 0.6) is 0 Å². The largest absolute Gasteiger partial charge is 0.326 e. The number of rotatable bonds is 5. The van der Waals surface area contributed by atoms with Gasteiger partial charge in [0.05, 0.1) is 17.1 Å². The van der Waals surface area contributed by atoms with E-state index in [-0.39, 0.29) is 11.7 Å². The molecule has 1 aliphatic heterocycles. The number of nitrogens with zero attached hydrogens (tertiary/aromatic N) is 3. The SMILES string of the molecule is Cc1nn(C)c(C)c1CCC(=O)Nc1ccc(N2CCCS2(=O)=O)cc1. The third-order valence-corrected chi connectivity index (χ3v) is 6.67. The standard InChI is InChI=1S/C18H24N4O3S/c1-13-17(14(2)21(3)20-13)9-10-18(23)19-15-5-7-16(8-6-15)22-11-4-12-26(22,24)25/h5-8H,4,9-12H2,1-3H3,(H,19,23). The van der Waals surface area contributed by atoms with Gasteiger partial charge in [-0.2, -0.15) is 5.10 Å². The zero-order valence-corrected chi connectivity index (χ0v) is 16.1. The Balaban J connectivity index is 1.59. The summed E-state index contributed by atoms with van der Waals surface area (Å²) < 4.78 is 27.2. The molecule has 1 fully saturated rings. The Kier molecular flexibility index (Phi) is 5.04. The van der Waals surface area contributed by atoms with Gasteiger partial charge in [0.1, 0.15) is 0 Å². The second kappa shape index (κ2) is 7.11. The third kappa shape index (κ3) is 3.75. The van der Waals surface area contributed by atoms with Crippen LogP contribution in [0.15, 0.2) is 24.3 Å². The van der Waals surface area contributed by atoms with Crippen LogP contribution in [0.4, 0.5) is 11.4 Å². The van der Waals surface area contributed by atoms with Gasteiger partial charge in [-0.25, -0.2) is 8.42 Å². The number of benzene rings is 1. The molecule has 26 heavy (non-hydrogen) atoms. The van der Waals surface area contributed by atoms with E-state index in [2.05, 4.69) is 10.4 Å². The molecule has 0 atom stereocenters. The van der Waals surface area contributed by atoms with Crippen LogP contribution in [0.3, 0.4) is 0 Å². The van der Waals surface area contributed by atoms with Crippen molar-refractivity contribution in [3.63, 3.8) is 0 Å². The summed E-state index contributed by atoms with van der Waals surface area (Å²) in [6, 6.07) is 6.94. The molecule has 1 amide bonds. The van der Waals surface area contributed by atoms with Gasteiger partial charge in [-0.15, -0.1) is 0 Å². The minimum atomic E-state index is -3.18. The molecule has 0 aliphatic carbocycles. The third-order valence-electron chi connectivity index (χ3n) is 4.80. The molecule has 0 spiro atoms. The highest BCUT2D eigenvalue weighted by Gasteiger charge is 2.28. The Morgan fingerprint density at radius 1 is 1.23 bits per heavy atom. The van der Waals surface area contributed by atoms with E-state index in [0.29, 0.717) is 37.2 Å². The van der Waals surface area contributed by atoms with E-state index in [1.807, 2.05) is 25.6 Å². The van der Waals surface area contributed by atoms with Gasteiger partial charge in [-0.3, -0.25) is 13.8 Å². The average Bonchev–Trinajstić information content (AvgIpc) is 3.05. The van der Waals surface area contributed by atoms with Gasteiger partial charge in [0.15, 0.2) is 0 Å². The lowest BCUT2D eigenvalue weighted by Crippen LogP contribution is -2.25. The van der Waals surface area contributed by atoms with Crippen molar-refractivity contribution in [1.82, 2.24) is 9.78 Å². The Morgan fingerprint density at radius 2 is 1.92 bits per heavy atom. The molecule has 0 saturated carbocycles. The second-order valence-corrected chi connectivity index (χ2v) is 8.62. The quantitative estimate of drug-likeness (QED) is 0.867. The Bertz CT molecular complexity index is 917. The molecule has 1 aromatic carbocycles. The van der Waals surface area contributed by atoms with Gasteiger partial charge in [0, 0.05) is 31.4 Å². The zero-order chi connectivity index (χ0) is 18.9. The van der Waals surface area contributed by atoms with Crippen LogP contribution in [0.1, 0.15) is 29.8 Å². The van der Waals surface area contributed by atoms with Gasteiger partial charge in [-0.1, -0.05) is 0 Å². The summed E-state index contributed by atoms with van der Waals surface area (Å²) >= 11 is 0. The van der Waals surface area contributed by atoms with E-state index < -0.39 is 10.0 Å². The lowest BCUT2D eigenvalue weighted by atomic mass is 10.1. The van der Waals surface area contributed by atoms with Crippen molar-refractivity contribution in [1.29, 1.82) is 0 Å². The molecule has 7 nitrogen and oxygen atoms in total. The minimum absolute atomic E-state index is 0.0748. The van der Waals surface area contributed by atoms with Crippen LogP contribution >= 0.6 is 0 Å². The van der Waals surface area contributed by atoms with Crippen LogP contribution in [-0.2, 0) is 28.3 Å². The number of hydrogen-bond donors (Lipinski definition) is 1. The van der Waals surface area contributed by atoms with Crippen LogP contribution in [0.2, 0.25) is 0 Å². The van der Waals surface area contributed by atoms with Crippen LogP contribution in [0.25, 0.3) is 0 Å². The van der Waals surface area contributed by atoms with Crippen molar-refractivity contribution in [3.05, 3.63) is 41.2 Å². The lowest BCUT2D eigenvalue weighted by molar-refractivity contribution is -0.116. The number of aromatic nitrogens is 2. The summed E-state index contributed by atoms with van der Waals surface area (Å²) in [7, 11) is -1.29. The number of carbonyl (C=O) groups excluding carboxylic acids is 1. The molecule has 2 aromatic rings. The van der Waals surface area contributed by atoms with Crippen LogP contribution in [-0.4, -0.2) is 36.4 Å². The molecule has 140 valence electrons. The van der Waals surface area contributed by atoms with E-state index in [1.165, 1.54) is 4.31 Å². The van der Waals surface area contributed by atoms with E-state index in [9.17, 15) is 13.2 Å². The van der Waals surface area contributed by atoms with E-state index in [4.69, 9.17) is 0 Å². The number of hydrogen-bond acceptors (Lipinski definition) is 4. The Morgan fingerprint density at radius 3 is 2.46 bits per heavy atom. The number of nitrogens with one attached hydrogen (secondary N) is 1. The summed E-state index contributed by atoms with van der Waals surface area (Å²) in [5.41, 5.74) is 4.44. The molecule has 3 rings (SSSR count). The fourth-order valence-corrected chi connectivity index (χ4v) is 4.85. The van der Waals surface area contributed by atoms with Gasteiger partial charge < -0.3 is 5.32 Å². The number of carbonyl (C=O) groups is 1. The lowest BCUT2D eigenvalue weighted by Gasteiger charge is -2.17. The smallest absolute Gasteiger partial charge is 0.235 e. The van der Waals surface area contributed by atoms with Gasteiger partial charge in [0.25, 0.3) is 0 Å². The topological polar surface area (TPSA) is 84.3 Å². The normalized spacial score (nSPS) is 16.0. The number of sulfonamides is 1. The van der Waals surface area contributed by atoms with Gasteiger partial charge in [-0.05, 0) is 56.5 Å². The van der Waals surface area contributed by atoms with Gasteiger partial charge in [0.2, 0.25) is 15.9 Å². The maximum absolute atomic E-state index is 12.2. The maximum Gasteiger partial charge on any atom is 0.235 e. The summed E-state index contributed by atoms with van der Waals surface area (Å²) in [6.45, 7) is 4.46. The maximum atomic E-state index is 12.2. The highest BCUT2D eigenvalue weighted by atomic mass is 32.2. The first-order valence-electron chi connectivity index (χ1n) is 8.67. The molecule has 0 unspecified atom stereocenters. The van der Waals surface area contributed by atoms with Gasteiger partial charge >= 0.3 is 0 Å². The monoisotopic (exact) mass is 376 g/mol. The van der Waals surface area contributed by atoms with E-state index in [0.717, 1.165) is 17.0 Å². The number of aryl methyl sites for hydroxylation is 2. The Labute approximate surface area is 154 Å². The first-order valence-corrected chi connectivity index (χ1v) is 10.3. The van der Waals surface area contributed by atoms with Crippen molar-refractivity contribution < 1.29 is 13.2 Å². The van der Waals surface area contributed by atoms with E-state index >= 15 is 0 Å². The molecule has 1 aliphatic rings. The molecular weight excluding hydrogens is 352 g/mol. The summed E-state index contributed by atoms with van der Waals surface area (Å²) in [4.78, 5) is 12.2. The van der Waals surface area contributed by atoms with Crippen LogP contribution < -0.4 is 9.62 Å². The molecule has 1 saturated heterocycles. The summed E-state index contributed by atoms with van der Waals surface area (Å²) in [5.74, 6) is 0.118. The minimum Gasteiger partial charge on any atom is -0.326 e. The molecule has 1 aromatic heterocycles. The second-order valence-electron chi connectivity index (χ2n) is 6.61. The number of amides is 1. The fourth-order valence-electron chi connectivity index (χ4n) is 3.28. The van der Waals surface area contributed by atoms with E-state index in [1.54, 1.807) is 24.3 Å². The molecular formula is C18H24N4O3S. The van der Waals surface area contributed by atoms with Crippen molar-refractivity contribution in [2.24, 2.45) is 7.05 Å². The predicted octanol–water partition coefficient (Wildman–Crippen LogP) is 2.15. The highest BCUT2D eigenvalue weighted by molar-refractivity contribution is 7.93. The molecule has 0 bridgehead atoms. The first kappa shape index (κ1) is 18.4. The summed E-state index contributed by atoms with van der Waals surface area (Å²) in [5, 5.41) is 7.23.